The van der Waals surface area contributed by atoms with Crippen LogP contribution in [0.15, 0.2) is 16.6 Å². The standard InChI is InChI=1S/C7H12N2/c1-2-3-6-4-5-9-7(6)8/h4H,2-3,5H2,1H3,(H2,8,9). The second-order valence-corrected chi connectivity index (χ2v) is 2.21. The summed E-state index contributed by atoms with van der Waals surface area (Å²) in [4.78, 5) is 4.04. The summed E-state index contributed by atoms with van der Waals surface area (Å²) in [5.41, 5.74) is 6.78. The smallest absolute Gasteiger partial charge is 0.121 e. The molecule has 1 aliphatic heterocycles. The molecule has 0 saturated heterocycles. The lowest BCUT2D eigenvalue weighted by Crippen LogP contribution is -2.11. The van der Waals surface area contributed by atoms with Crippen molar-refractivity contribution in [3.63, 3.8) is 0 Å². The number of hydrogen-bond donors (Lipinski definition) is 1. The summed E-state index contributed by atoms with van der Waals surface area (Å²) in [5.74, 6) is 0.747. The summed E-state index contributed by atoms with van der Waals surface area (Å²) >= 11 is 0. The molecule has 0 atom stereocenters. The molecular weight excluding hydrogens is 112 g/mol. The topological polar surface area (TPSA) is 38.4 Å². The number of amidine groups is 1. The van der Waals surface area contributed by atoms with Crippen LogP contribution in [0.2, 0.25) is 0 Å². The first kappa shape index (κ1) is 6.33. The van der Waals surface area contributed by atoms with Gasteiger partial charge in [0.1, 0.15) is 5.84 Å². The molecule has 0 saturated carbocycles. The van der Waals surface area contributed by atoms with Crippen molar-refractivity contribution in [2.75, 3.05) is 6.54 Å². The monoisotopic (exact) mass is 124 g/mol. The summed E-state index contributed by atoms with van der Waals surface area (Å²) in [7, 11) is 0. The van der Waals surface area contributed by atoms with E-state index in [1.54, 1.807) is 0 Å². The van der Waals surface area contributed by atoms with Gasteiger partial charge in [0, 0.05) is 0 Å². The van der Waals surface area contributed by atoms with Gasteiger partial charge in [-0.3, -0.25) is 4.99 Å². The molecule has 2 heteroatoms. The van der Waals surface area contributed by atoms with Gasteiger partial charge in [-0.1, -0.05) is 19.4 Å². The van der Waals surface area contributed by atoms with Crippen LogP contribution in [0.25, 0.3) is 0 Å². The maximum Gasteiger partial charge on any atom is 0.121 e. The van der Waals surface area contributed by atoms with Gasteiger partial charge in [0.15, 0.2) is 0 Å². The third kappa shape index (κ3) is 1.31. The van der Waals surface area contributed by atoms with E-state index in [9.17, 15) is 0 Å². The van der Waals surface area contributed by atoms with Crippen LogP contribution >= 0.6 is 0 Å². The lowest BCUT2D eigenvalue weighted by Gasteiger charge is -1.96. The molecule has 0 unspecified atom stereocenters. The van der Waals surface area contributed by atoms with Crippen molar-refractivity contribution in [1.29, 1.82) is 0 Å². The Morgan fingerprint density at radius 3 is 3.00 bits per heavy atom. The first-order valence-electron chi connectivity index (χ1n) is 3.34. The minimum atomic E-state index is 0.747. The quantitative estimate of drug-likeness (QED) is 0.587. The number of hydrogen-bond acceptors (Lipinski definition) is 2. The van der Waals surface area contributed by atoms with Crippen LogP contribution < -0.4 is 5.73 Å². The molecule has 1 rings (SSSR count). The van der Waals surface area contributed by atoms with Gasteiger partial charge in [-0.2, -0.15) is 0 Å². The third-order valence-electron chi connectivity index (χ3n) is 1.45. The SMILES string of the molecule is CCCC1=CCN=C1N. The van der Waals surface area contributed by atoms with Crippen molar-refractivity contribution >= 4 is 5.84 Å². The van der Waals surface area contributed by atoms with E-state index < -0.39 is 0 Å². The molecule has 0 aromatic carbocycles. The molecule has 2 N–H and O–H groups in total. The zero-order chi connectivity index (χ0) is 6.69. The van der Waals surface area contributed by atoms with E-state index >= 15 is 0 Å². The fourth-order valence-electron chi connectivity index (χ4n) is 0.960. The lowest BCUT2D eigenvalue weighted by atomic mass is 10.1. The zero-order valence-electron chi connectivity index (χ0n) is 5.72. The largest absolute Gasteiger partial charge is 0.384 e. The van der Waals surface area contributed by atoms with E-state index in [4.69, 9.17) is 5.73 Å². The minimum absolute atomic E-state index is 0.747. The molecule has 0 fully saturated rings. The van der Waals surface area contributed by atoms with E-state index in [-0.39, 0.29) is 0 Å². The summed E-state index contributed by atoms with van der Waals surface area (Å²) in [6.45, 7) is 2.94. The Morgan fingerprint density at radius 2 is 2.56 bits per heavy atom. The van der Waals surface area contributed by atoms with E-state index in [0.29, 0.717) is 0 Å². The van der Waals surface area contributed by atoms with Crippen LogP contribution in [0.4, 0.5) is 0 Å². The van der Waals surface area contributed by atoms with Crippen LogP contribution in [0.5, 0.6) is 0 Å². The normalized spacial score (nSPS) is 17.4. The molecule has 1 heterocycles. The minimum Gasteiger partial charge on any atom is -0.384 e. The highest BCUT2D eigenvalue weighted by molar-refractivity contribution is 5.98. The second kappa shape index (κ2) is 2.67. The van der Waals surface area contributed by atoms with Crippen molar-refractivity contribution in [3.8, 4) is 0 Å². The van der Waals surface area contributed by atoms with E-state index in [0.717, 1.165) is 25.2 Å². The van der Waals surface area contributed by atoms with Gasteiger partial charge in [-0.05, 0) is 12.0 Å². The molecule has 2 nitrogen and oxygen atoms in total. The van der Waals surface area contributed by atoms with Crippen LogP contribution in [0.1, 0.15) is 19.8 Å². The maximum absolute atomic E-state index is 5.55. The van der Waals surface area contributed by atoms with Crippen LogP contribution in [-0.4, -0.2) is 12.4 Å². The molecule has 1 aliphatic rings. The molecular formula is C7H12N2. The molecule has 0 aliphatic carbocycles. The molecule has 0 radical (unpaired) electrons. The van der Waals surface area contributed by atoms with Crippen LogP contribution in [-0.2, 0) is 0 Å². The van der Waals surface area contributed by atoms with Gasteiger partial charge in [-0.25, -0.2) is 0 Å². The summed E-state index contributed by atoms with van der Waals surface area (Å²) in [5, 5.41) is 0. The summed E-state index contributed by atoms with van der Waals surface area (Å²) in [6.07, 6.45) is 4.33. The number of aliphatic imine (C=N–C) groups is 1. The molecule has 0 spiro atoms. The van der Waals surface area contributed by atoms with Gasteiger partial charge >= 0.3 is 0 Å². The van der Waals surface area contributed by atoms with Crippen molar-refractivity contribution in [2.45, 2.75) is 19.8 Å². The van der Waals surface area contributed by atoms with Crippen LogP contribution in [0.3, 0.4) is 0 Å². The Bertz CT molecular complexity index is 156. The zero-order valence-corrected chi connectivity index (χ0v) is 5.72. The Balaban J connectivity index is 2.50. The average molecular weight is 124 g/mol. The van der Waals surface area contributed by atoms with Crippen LogP contribution in [0, 0.1) is 0 Å². The molecule has 50 valence electrons. The van der Waals surface area contributed by atoms with Crippen molar-refractivity contribution < 1.29 is 0 Å². The highest BCUT2D eigenvalue weighted by Crippen LogP contribution is 2.08. The molecule has 0 bridgehead atoms. The first-order valence-corrected chi connectivity index (χ1v) is 3.34. The predicted octanol–water partition coefficient (Wildman–Crippen LogP) is 1.08. The van der Waals surface area contributed by atoms with E-state index in [1.165, 1.54) is 5.57 Å². The lowest BCUT2D eigenvalue weighted by molar-refractivity contribution is 0.936. The molecule has 9 heavy (non-hydrogen) atoms. The second-order valence-electron chi connectivity index (χ2n) is 2.21. The fourth-order valence-corrected chi connectivity index (χ4v) is 0.960. The van der Waals surface area contributed by atoms with Crippen molar-refractivity contribution in [3.05, 3.63) is 11.6 Å². The average Bonchev–Trinajstić information content (AvgIpc) is 2.18. The summed E-state index contributed by atoms with van der Waals surface area (Å²) < 4.78 is 0. The fraction of sp³-hybridized carbons (Fsp3) is 0.571. The van der Waals surface area contributed by atoms with Gasteiger partial charge in [0.2, 0.25) is 0 Å². The van der Waals surface area contributed by atoms with Gasteiger partial charge in [0.25, 0.3) is 0 Å². The first-order chi connectivity index (χ1) is 4.34. The highest BCUT2D eigenvalue weighted by atomic mass is 14.9. The van der Waals surface area contributed by atoms with Gasteiger partial charge in [0.05, 0.1) is 6.54 Å². The van der Waals surface area contributed by atoms with Gasteiger partial charge < -0.3 is 5.73 Å². The number of rotatable bonds is 2. The number of nitrogens with zero attached hydrogens (tertiary/aromatic N) is 1. The van der Waals surface area contributed by atoms with E-state index in [1.807, 2.05) is 0 Å². The van der Waals surface area contributed by atoms with Gasteiger partial charge in [-0.15, -0.1) is 0 Å². The Labute approximate surface area is 55.5 Å². The van der Waals surface area contributed by atoms with Crippen molar-refractivity contribution in [2.24, 2.45) is 10.7 Å². The molecule has 0 amide bonds. The highest BCUT2D eigenvalue weighted by Gasteiger charge is 2.04. The molecule has 0 aromatic heterocycles. The Hall–Kier alpha value is -0.790. The third-order valence-corrected chi connectivity index (χ3v) is 1.45. The maximum atomic E-state index is 5.55. The molecule has 0 aromatic rings. The Morgan fingerprint density at radius 1 is 1.78 bits per heavy atom. The number of nitrogens with two attached hydrogens (primary N) is 1. The summed E-state index contributed by atoms with van der Waals surface area (Å²) in [6, 6.07) is 0. The predicted molar refractivity (Wildman–Crippen MR) is 39.5 cm³/mol. The van der Waals surface area contributed by atoms with Crippen molar-refractivity contribution in [1.82, 2.24) is 0 Å². The van der Waals surface area contributed by atoms with E-state index in [2.05, 4.69) is 18.0 Å². The Kier molecular flexibility index (Phi) is 1.88.